The van der Waals surface area contributed by atoms with Crippen LogP contribution in [-0.4, -0.2) is 44.3 Å². The number of carbonyl (C=O) groups is 2. The van der Waals surface area contributed by atoms with Crippen LogP contribution in [0.15, 0.2) is 22.9 Å². The Balaban J connectivity index is 1.48. The van der Waals surface area contributed by atoms with E-state index in [2.05, 4.69) is 5.10 Å². The van der Waals surface area contributed by atoms with Crippen LogP contribution >= 0.6 is 0 Å². The van der Waals surface area contributed by atoms with Crippen molar-refractivity contribution in [2.24, 2.45) is 13.0 Å². The molecule has 0 saturated heterocycles. The molecule has 2 aromatic rings. The second kappa shape index (κ2) is 5.75. The van der Waals surface area contributed by atoms with Gasteiger partial charge in [0.15, 0.2) is 5.76 Å². The first-order valence-corrected chi connectivity index (χ1v) is 8.57. The van der Waals surface area contributed by atoms with Crippen molar-refractivity contribution in [3.8, 4) is 0 Å². The van der Waals surface area contributed by atoms with Gasteiger partial charge < -0.3 is 14.4 Å². The minimum atomic E-state index is -1.15. The standard InChI is InChI=1S/C18H21N3O4/c1-10-5-15(25-16(10)18(23)24)17(22)21(13-3-4-13)9-11-6-14(11)12-7-19-20(2)8-12/h5,7-8,11,13-14H,3-4,6,9H2,1-2H3,(H,23,24)/t11-,14+/m0/s1. The van der Waals surface area contributed by atoms with Gasteiger partial charge in [-0.05, 0) is 49.7 Å². The lowest BCUT2D eigenvalue weighted by Crippen LogP contribution is -2.35. The summed E-state index contributed by atoms with van der Waals surface area (Å²) in [6, 6.07) is 1.79. The van der Waals surface area contributed by atoms with E-state index in [-0.39, 0.29) is 23.5 Å². The van der Waals surface area contributed by atoms with Crippen molar-refractivity contribution >= 4 is 11.9 Å². The minimum absolute atomic E-state index is 0.125. The number of aryl methyl sites for hydroxylation is 2. The van der Waals surface area contributed by atoms with Crippen LogP contribution in [0.1, 0.15) is 57.4 Å². The molecular formula is C18H21N3O4. The number of aromatic nitrogens is 2. The molecule has 2 atom stereocenters. The fourth-order valence-electron chi connectivity index (χ4n) is 3.47. The van der Waals surface area contributed by atoms with Gasteiger partial charge in [-0.25, -0.2) is 4.79 Å². The summed E-state index contributed by atoms with van der Waals surface area (Å²) in [5, 5.41) is 13.3. The molecule has 0 unspecified atom stereocenters. The van der Waals surface area contributed by atoms with E-state index in [9.17, 15) is 9.59 Å². The lowest BCUT2D eigenvalue weighted by Gasteiger charge is -2.21. The third-order valence-electron chi connectivity index (χ3n) is 5.08. The fourth-order valence-corrected chi connectivity index (χ4v) is 3.47. The Bertz CT molecular complexity index is 833. The van der Waals surface area contributed by atoms with Crippen LogP contribution in [0.5, 0.6) is 0 Å². The molecule has 2 aromatic heterocycles. The molecule has 2 heterocycles. The molecule has 0 spiro atoms. The Labute approximate surface area is 145 Å². The number of nitrogens with zero attached hydrogens (tertiary/aromatic N) is 3. The van der Waals surface area contributed by atoms with E-state index in [1.54, 1.807) is 11.6 Å². The fraction of sp³-hybridized carbons (Fsp3) is 0.500. The van der Waals surface area contributed by atoms with Crippen LogP contribution < -0.4 is 0 Å². The average Bonchev–Trinajstić information content (AvgIpc) is 3.46. The Morgan fingerprint density at radius 2 is 2.20 bits per heavy atom. The molecule has 0 aliphatic heterocycles. The van der Waals surface area contributed by atoms with Crippen molar-refractivity contribution in [3.05, 3.63) is 41.1 Å². The number of carbonyl (C=O) groups excluding carboxylic acids is 1. The normalized spacial score (nSPS) is 22.0. The highest BCUT2D eigenvalue weighted by Gasteiger charge is 2.44. The van der Waals surface area contributed by atoms with Crippen molar-refractivity contribution in [2.75, 3.05) is 6.54 Å². The average molecular weight is 343 g/mol. The van der Waals surface area contributed by atoms with Crippen LogP contribution in [0.25, 0.3) is 0 Å². The van der Waals surface area contributed by atoms with E-state index in [0.29, 0.717) is 23.9 Å². The molecule has 0 bridgehead atoms. The van der Waals surface area contributed by atoms with Crippen LogP contribution in [0, 0.1) is 12.8 Å². The number of hydrogen-bond donors (Lipinski definition) is 1. The largest absolute Gasteiger partial charge is 0.475 e. The van der Waals surface area contributed by atoms with Crippen LogP contribution in [-0.2, 0) is 7.05 Å². The van der Waals surface area contributed by atoms with E-state index < -0.39 is 5.97 Å². The van der Waals surface area contributed by atoms with E-state index in [1.807, 2.05) is 24.3 Å². The number of hydrogen-bond acceptors (Lipinski definition) is 4. The summed E-state index contributed by atoms with van der Waals surface area (Å²) in [4.78, 5) is 25.9. The van der Waals surface area contributed by atoms with Gasteiger partial charge in [0.2, 0.25) is 5.76 Å². The summed E-state index contributed by atoms with van der Waals surface area (Å²) in [7, 11) is 1.90. The maximum absolute atomic E-state index is 12.8. The molecule has 132 valence electrons. The van der Waals surface area contributed by atoms with Crippen LogP contribution in [0.3, 0.4) is 0 Å². The molecule has 0 radical (unpaired) electrons. The van der Waals surface area contributed by atoms with E-state index in [1.165, 1.54) is 11.6 Å². The first-order valence-electron chi connectivity index (χ1n) is 8.57. The SMILES string of the molecule is Cc1cc(C(=O)N(C[C@@H]2C[C@H]2c2cnn(C)c2)C2CC2)oc1C(=O)O. The summed E-state index contributed by atoms with van der Waals surface area (Å²) in [5.74, 6) is -0.484. The Kier molecular flexibility index (Phi) is 3.67. The highest BCUT2D eigenvalue weighted by atomic mass is 16.4. The molecule has 7 nitrogen and oxygen atoms in total. The van der Waals surface area contributed by atoms with Gasteiger partial charge >= 0.3 is 5.97 Å². The van der Waals surface area contributed by atoms with Gasteiger partial charge in [0.05, 0.1) is 6.20 Å². The smallest absolute Gasteiger partial charge is 0.372 e. The Morgan fingerprint density at radius 3 is 2.76 bits per heavy atom. The van der Waals surface area contributed by atoms with Gasteiger partial charge in [0, 0.05) is 31.4 Å². The van der Waals surface area contributed by atoms with E-state index >= 15 is 0 Å². The summed E-state index contributed by atoms with van der Waals surface area (Å²) in [5.41, 5.74) is 1.70. The number of carboxylic acids is 1. The van der Waals surface area contributed by atoms with Crippen molar-refractivity contribution in [2.45, 2.75) is 38.1 Å². The maximum Gasteiger partial charge on any atom is 0.372 e. The van der Waals surface area contributed by atoms with Crippen molar-refractivity contribution < 1.29 is 19.1 Å². The zero-order chi connectivity index (χ0) is 17.7. The van der Waals surface area contributed by atoms with Gasteiger partial charge in [-0.15, -0.1) is 0 Å². The minimum Gasteiger partial charge on any atom is -0.475 e. The number of carboxylic acid groups (broad SMARTS) is 1. The molecule has 4 rings (SSSR count). The van der Waals surface area contributed by atoms with Gasteiger partial charge in [-0.3, -0.25) is 9.48 Å². The zero-order valence-corrected chi connectivity index (χ0v) is 14.3. The lowest BCUT2D eigenvalue weighted by molar-refractivity contribution is 0.0644. The second-order valence-corrected chi connectivity index (χ2v) is 7.17. The third-order valence-corrected chi connectivity index (χ3v) is 5.08. The zero-order valence-electron chi connectivity index (χ0n) is 14.3. The summed E-state index contributed by atoms with van der Waals surface area (Å²) in [6.07, 6.45) is 6.98. The molecule has 0 aromatic carbocycles. The Morgan fingerprint density at radius 1 is 1.44 bits per heavy atom. The third kappa shape index (κ3) is 3.06. The molecule has 2 aliphatic carbocycles. The van der Waals surface area contributed by atoms with Crippen LogP contribution in [0.4, 0.5) is 0 Å². The van der Waals surface area contributed by atoms with Crippen LogP contribution in [0.2, 0.25) is 0 Å². The number of rotatable bonds is 6. The molecule has 25 heavy (non-hydrogen) atoms. The topological polar surface area (TPSA) is 88.6 Å². The summed E-state index contributed by atoms with van der Waals surface area (Å²) >= 11 is 0. The molecule has 1 amide bonds. The molecule has 2 aliphatic rings. The molecular weight excluding hydrogens is 322 g/mol. The molecule has 1 N–H and O–H groups in total. The van der Waals surface area contributed by atoms with E-state index in [4.69, 9.17) is 9.52 Å². The summed E-state index contributed by atoms with van der Waals surface area (Å²) in [6.45, 7) is 2.33. The molecule has 2 saturated carbocycles. The van der Waals surface area contributed by atoms with Gasteiger partial charge in [0.1, 0.15) is 0 Å². The highest BCUT2D eigenvalue weighted by Crippen LogP contribution is 2.48. The first-order chi connectivity index (χ1) is 11.9. The highest BCUT2D eigenvalue weighted by molar-refractivity contribution is 5.94. The summed E-state index contributed by atoms with van der Waals surface area (Å²) < 4.78 is 7.11. The number of amides is 1. The van der Waals surface area contributed by atoms with Crippen molar-refractivity contribution in [3.63, 3.8) is 0 Å². The number of aromatic carboxylic acids is 1. The lowest BCUT2D eigenvalue weighted by atomic mass is 10.2. The van der Waals surface area contributed by atoms with Gasteiger partial charge in [0.25, 0.3) is 5.91 Å². The maximum atomic E-state index is 12.8. The number of furan rings is 1. The Hall–Kier alpha value is -2.57. The second-order valence-electron chi connectivity index (χ2n) is 7.17. The first kappa shape index (κ1) is 15.9. The van der Waals surface area contributed by atoms with Gasteiger partial charge in [-0.1, -0.05) is 0 Å². The predicted molar refractivity (Wildman–Crippen MR) is 88.5 cm³/mol. The van der Waals surface area contributed by atoms with Crippen molar-refractivity contribution in [1.82, 2.24) is 14.7 Å². The quantitative estimate of drug-likeness (QED) is 0.870. The van der Waals surface area contributed by atoms with Crippen molar-refractivity contribution in [1.29, 1.82) is 0 Å². The molecule has 7 heteroatoms. The monoisotopic (exact) mass is 343 g/mol. The predicted octanol–water partition coefficient (Wildman–Crippen LogP) is 2.43. The van der Waals surface area contributed by atoms with Gasteiger partial charge in [-0.2, -0.15) is 5.10 Å². The van der Waals surface area contributed by atoms with E-state index in [0.717, 1.165) is 19.3 Å². The molecule has 2 fully saturated rings.